The molecule has 0 aliphatic carbocycles. The Labute approximate surface area is 189 Å². The van der Waals surface area contributed by atoms with Crippen molar-refractivity contribution < 1.29 is 14.4 Å². The Hall–Kier alpha value is -2.99. The smallest absolute Gasteiger partial charge is 0.261 e. The van der Waals surface area contributed by atoms with Crippen LogP contribution in [-0.2, 0) is 17.9 Å². The minimum atomic E-state index is -0.272. The van der Waals surface area contributed by atoms with Crippen LogP contribution in [0.4, 0.5) is 0 Å². The van der Waals surface area contributed by atoms with E-state index in [-0.39, 0.29) is 30.7 Å². The second-order valence-electron chi connectivity index (χ2n) is 8.69. The Morgan fingerprint density at radius 2 is 1.41 bits per heavy atom. The van der Waals surface area contributed by atoms with Gasteiger partial charge in [0.1, 0.15) is 0 Å². The molecule has 6 nitrogen and oxygen atoms in total. The maximum Gasteiger partial charge on any atom is 0.261 e. The molecule has 168 valence electrons. The van der Waals surface area contributed by atoms with Crippen LogP contribution in [0.2, 0.25) is 0 Å². The van der Waals surface area contributed by atoms with Gasteiger partial charge in [-0.15, -0.1) is 0 Å². The van der Waals surface area contributed by atoms with Gasteiger partial charge in [-0.1, -0.05) is 49.2 Å². The molecule has 2 aliphatic rings. The van der Waals surface area contributed by atoms with Crippen molar-refractivity contribution in [3.05, 3.63) is 70.8 Å². The third kappa shape index (κ3) is 5.43. The number of imide groups is 1. The molecule has 1 N–H and O–H groups in total. The van der Waals surface area contributed by atoms with Crippen LogP contribution >= 0.6 is 0 Å². The minimum Gasteiger partial charge on any atom is -0.352 e. The van der Waals surface area contributed by atoms with Gasteiger partial charge in [-0.05, 0) is 55.6 Å². The van der Waals surface area contributed by atoms with Crippen molar-refractivity contribution in [2.24, 2.45) is 0 Å². The third-order valence-corrected chi connectivity index (χ3v) is 6.28. The first-order valence-corrected chi connectivity index (χ1v) is 11.6. The largest absolute Gasteiger partial charge is 0.352 e. The molecule has 0 spiro atoms. The number of hydrogen-bond donors (Lipinski definition) is 1. The summed E-state index contributed by atoms with van der Waals surface area (Å²) in [6.45, 7) is 4.09. The van der Waals surface area contributed by atoms with E-state index >= 15 is 0 Å². The number of nitrogens with zero attached hydrogens (tertiary/aromatic N) is 2. The van der Waals surface area contributed by atoms with E-state index in [9.17, 15) is 14.4 Å². The summed E-state index contributed by atoms with van der Waals surface area (Å²) < 4.78 is 0. The van der Waals surface area contributed by atoms with Gasteiger partial charge in [0.05, 0.1) is 11.1 Å². The summed E-state index contributed by atoms with van der Waals surface area (Å²) in [5.41, 5.74) is 3.27. The topological polar surface area (TPSA) is 69.7 Å². The van der Waals surface area contributed by atoms with Crippen LogP contribution in [0.25, 0.3) is 0 Å². The maximum absolute atomic E-state index is 12.4. The predicted octanol–water partition coefficient (Wildman–Crippen LogP) is 3.76. The Morgan fingerprint density at radius 1 is 0.812 bits per heavy atom. The van der Waals surface area contributed by atoms with Gasteiger partial charge >= 0.3 is 0 Å². The third-order valence-electron chi connectivity index (χ3n) is 6.28. The van der Waals surface area contributed by atoms with Crippen molar-refractivity contribution >= 4 is 17.7 Å². The summed E-state index contributed by atoms with van der Waals surface area (Å²) in [6.07, 6.45) is 5.99. The number of carbonyl (C=O) groups excluding carboxylic acids is 3. The second kappa shape index (κ2) is 10.6. The standard InChI is InChI=1S/C26H31N3O3/c30-24(10-7-17-29-25(31)22-8-3-4-9-23(22)26(29)32)27-18-20-11-13-21(14-12-20)19-28-15-5-1-2-6-16-28/h3-4,8-9,11-14H,1-2,5-7,10,15-19H2,(H,27,30). The van der Waals surface area contributed by atoms with Gasteiger partial charge in [-0.3, -0.25) is 24.2 Å². The zero-order chi connectivity index (χ0) is 22.3. The van der Waals surface area contributed by atoms with Gasteiger partial charge in [0.15, 0.2) is 0 Å². The van der Waals surface area contributed by atoms with Crippen molar-refractivity contribution in [2.75, 3.05) is 19.6 Å². The number of carbonyl (C=O) groups is 3. The van der Waals surface area contributed by atoms with Gasteiger partial charge in [-0.2, -0.15) is 0 Å². The number of nitrogens with one attached hydrogen (secondary N) is 1. The fourth-order valence-corrected chi connectivity index (χ4v) is 4.44. The molecule has 0 bridgehead atoms. The zero-order valence-corrected chi connectivity index (χ0v) is 18.5. The fraction of sp³-hybridized carbons (Fsp3) is 0.423. The van der Waals surface area contributed by atoms with Gasteiger partial charge in [0.25, 0.3) is 11.8 Å². The summed E-state index contributed by atoms with van der Waals surface area (Å²) in [5.74, 6) is -0.618. The molecule has 32 heavy (non-hydrogen) atoms. The second-order valence-corrected chi connectivity index (χ2v) is 8.69. The van der Waals surface area contributed by atoms with Crippen molar-refractivity contribution in [1.82, 2.24) is 15.1 Å². The first kappa shape index (κ1) is 22.2. The molecule has 2 aromatic carbocycles. The molecule has 0 unspecified atom stereocenters. The molecule has 2 aliphatic heterocycles. The first-order chi connectivity index (χ1) is 15.6. The van der Waals surface area contributed by atoms with E-state index in [0.29, 0.717) is 24.1 Å². The Morgan fingerprint density at radius 3 is 2.03 bits per heavy atom. The Balaban J connectivity index is 1.18. The Kier molecular flexibility index (Phi) is 7.32. The lowest BCUT2D eigenvalue weighted by molar-refractivity contribution is -0.121. The van der Waals surface area contributed by atoms with E-state index < -0.39 is 0 Å². The molecule has 4 rings (SSSR count). The van der Waals surface area contributed by atoms with Crippen LogP contribution in [0.3, 0.4) is 0 Å². The number of likely N-dealkylation sites (tertiary alicyclic amines) is 1. The molecule has 3 amide bonds. The summed E-state index contributed by atoms with van der Waals surface area (Å²) in [6, 6.07) is 15.3. The van der Waals surface area contributed by atoms with Crippen LogP contribution in [0, 0.1) is 0 Å². The SMILES string of the molecule is O=C(CCCN1C(=O)c2ccccc2C1=O)NCc1ccc(CN2CCCCCC2)cc1. The van der Waals surface area contributed by atoms with Crippen LogP contribution < -0.4 is 5.32 Å². The zero-order valence-electron chi connectivity index (χ0n) is 18.5. The summed E-state index contributed by atoms with van der Waals surface area (Å²) in [4.78, 5) is 40.7. The predicted molar refractivity (Wildman–Crippen MR) is 123 cm³/mol. The monoisotopic (exact) mass is 433 g/mol. The van der Waals surface area contributed by atoms with E-state index in [2.05, 4.69) is 34.5 Å². The van der Waals surface area contributed by atoms with Crippen LogP contribution in [0.5, 0.6) is 0 Å². The van der Waals surface area contributed by atoms with Crippen molar-refractivity contribution in [3.8, 4) is 0 Å². The van der Waals surface area contributed by atoms with Gasteiger partial charge in [0, 0.05) is 26.1 Å². The van der Waals surface area contributed by atoms with Gasteiger partial charge < -0.3 is 5.32 Å². The molecule has 1 saturated heterocycles. The van der Waals surface area contributed by atoms with E-state index in [4.69, 9.17) is 0 Å². The summed E-state index contributed by atoms with van der Waals surface area (Å²) in [7, 11) is 0. The fourth-order valence-electron chi connectivity index (χ4n) is 4.44. The summed E-state index contributed by atoms with van der Waals surface area (Å²) in [5, 5.41) is 2.94. The van der Waals surface area contributed by atoms with Crippen LogP contribution in [0.15, 0.2) is 48.5 Å². The highest BCUT2D eigenvalue weighted by molar-refractivity contribution is 6.21. The van der Waals surface area contributed by atoms with Crippen LogP contribution in [-0.4, -0.2) is 47.2 Å². The molecule has 1 fully saturated rings. The first-order valence-electron chi connectivity index (χ1n) is 11.6. The van der Waals surface area contributed by atoms with E-state index in [0.717, 1.165) is 12.1 Å². The average Bonchev–Trinajstić information content (AvgIpc) is 2.97. The average molecular weight is 434 g/mol. The van der Waals surface area contributed by atoms with Gasteiger partial charge in [0.2, 0.25) is 5.91 Å². The highest BCUT2D eigenvalue weighted by atomic mass is 16.2. The van der Waals surface area contributed by atoms with Crippen molar-refractivity contribution in [1.29, 1.82) is 0 Å². The van der Waals surface area contributed by atoms with Crippen molar-refractivity contribution in [3.63, 3.8) is 0 Å². The van der Waals surface area contributed by atoms with E-state index in [1.165, 1.54) is 49.2 Å². The maximum atomic E-state index is 12.4. The molecule has 0 radical (unpaired) electrons. The number of hydrogen-bond acceptors (Lipinski definition) is 4. The highest BCUT2D eigenvalue weighted by Crippen LogP contribution is 2.22. The molecule has 0 saturated carbocycles. The number of benzene rings is 2. The van der Waals surface area contributed by atoms with Crippen molar-refractivity contribution in [2.45, 2.75) is 51.6 Å². The molecular formula is C26H31N3O3. The summed E-state index contributed by atoms with van der Waals surface area (Å²) >= 11 is 0. The molecule has 2 aromatic rings. The molecular weight excluding hydrogens is 402 g/mol. The normalized spacial score (nSPS) is 16.7. The minimum absolute atomic E-state index is 0.0738. The van der Waals surface area contributed by atoms with Gasteiger partial charge in [-0.25, -0.2) is 0 Å². The highest BCUT2D eigenvalue weighted by Gasteiger charge is 2.34. The number of fused-ring (bicyclic) bond motifs is 1. The number of rotatable bonds is 8. The van der Waals surface area contributed by atoms with E-state index in [1.54, 1.807) is 24.3 Å². The lowest BCUT2D eigenvalue weighted by Crippen LogP contribution is -2.32. The molecule has 0 atom stereocenters. The lowest BCUT2D eigenvalue weighted by Gasteiger charge is -2.19. The molecule has 6 heteroatoms. The lowest BCUT2D eigenvalue weighted by atomic mass is 10.1. The Bertz CT molecular complexity index is 928. The molecule has 2 heterocycles. The quantitative estimate of drug-likeness (QED) is 0.644. The molecule has 0 aromatic heterocycles. The van der Waals surface area contributed by atoms with Crippen LogP contribution in [0.1, 0.15) is 70.4 Å². The number of amides is 3. The van der Waals surface area contributed by atoms with E-state index in [1.807, 2.05) is 0 Å².